The van der Waals surface area contributed by atoms with Gasteiger partial charge in [-0.05, 0) is 93.4 Å². The van der Waals surface area contributed by atoms with Crippen LogP contribution < -0.4 is 21.5 Å². The van der Waals surface area contributed by atoms with Gasteiger partial charge in [-0.3, -0.25) is 14.3 Å². The average molecular weight is 576 g/mol. The quantitative estimate of drug-likeness (QED) is 0.233. The van der Waals surface area contributed by atoms with Crippen LogP contribution in [0.5, 0.6) is 11.5 Å². The summed E-state index contributed by atoms with van der Waals surface area (Å²) in [7, 11) is 2.06. The topological polar surface area (TPSA) is 120 Å². The fourth-order valence-corrected chi connectivity index (χ4v) is 5.21. The zero-order valence-electron chi connectivity index (χ0n) is 24.3. The second kappa shape index (κ2) is 11.6. The fraction of sp³-hybridized carbons (Fsp3) is 0.212. The Balaban J connectivity index is 1.36. The van der Waals surface area contributed by atoms with Gasteiger partial charge in [0.1, 0.15) is 23.3 Å². The Bertz CT molecular complexity index is 1910. The number of nitrogen functional groups attached to an aromatic ring is 1. The van der Waals surface area contributed by atoms with E-state index < -0.39 is 0 Å². The summed E-state index contributed by atoms with van der Waals surface area (Å²) >= 11 is 0. The van der Waals surface area contributed by atoms with Crippen molar-refractivity contribution in [2.75, 3.05) is 24.6 Å². The monoisotopic (exact) mass is 575 g/mol. The van der Waals surface area contributed by atoms with E-state index in [1.807, 2.05) is 74.5 Å². The Morgan fingerprint density at radius 1 is 1.05 bits per heavy atom. The molecule has 43 heavy (non-hydrogen) atoms. The molecule has 0 aliphatic heterocycles. The van der Waals surface area contributed by atoms with Gasteiger partial charge in [-0.15, -0.1) is 0 Å². The number of carbonyl (C=O) groups excluding carboxylic acids is 1. The summed E-state index contributed by atoms with van der Waals surface area (Å²) in [5.74, 6) is 1.29. The number of imidazole rings is 1. The number of para-hydroxylation sites is 1. The van der Waals surface area contributed by atoms with E-state index in [2.05, 4.69) is 27.2 Å². The summed E-state index contributed by atoms with van der Waals surface area (Å²) in [4.78, 5) is 37.7. The first kappa shape index (κ1) is 27.9. The van der Waals surface area contributed by atoms with Crippen molar-refractivity contribution >= 4 is 28.6 Å². The standard InChI is InChI=1S/C33H33N7O3/c1-21-16-23(37-29(41)10-7-15-38(3)24-11-12-24)19-25(17-21)39-32-30(31(34)35-20-36-32)40(33(39)42)28-14-13-27(18-22(28)2)43-26-8-5-4-6-9-26/h4-10,13-14,16-20,24H,11-12,15H2,1-3H3,(H,37,41)(H2,34,35,36). The van der Waals surface area contributed by atoms with Gasteiger partial charge in [-0.1, -0.05) is 24.3 Å². The Morgan fingerprint density at radius 3 is 2.58 bits per heavy atom. The summed E-state index contributed by atoms with van der Waals surface area (Å²) in [5, 5.41) is 2.93. The van der Waals surface area contributed by atoms with Gasteiger partial charge in [-0.25, -0.2) is 19.3 Å². The Hall–Kier alpha value is -5.22. The lowest BCUT2D eigenvalue weighted by atomic mass is 10.2. The number of rotatable bonds is 9. The molecule has 1 fully saturated rings. The predicted molar refractivity (Wildman–Crippen MR) is 168 cm³/mol. The molecule has 1 amide bonds. The molecule has 3 aromatic carbocycles. The van der Waals surface area contributed by atoms with Crippen molar-refractivity contribution in [3.8, 4) is 22.9 Å². The van der Waals surface area contributed by atoms with E-state index in [-0.39, 0.29) is 17.4 Å². The summed E-state index contributed by atoms with van der Waals surface area (Å²) < 4.78 is 9.00. The van der Waals surface area contributed by atoms with Gasteiger partial charge >= 0.3 is 5.69 Å². The second-order valence-corrected chi connectivity index (χ2v) is 10.9. The molecule has 10 nitrogen and oxygen atoms in total. The third kappa shape index (κ3) is 5.91. The first-order valence-corrected chi connectivity index (χ1v) is 14.2. The SMILES string of the molecule is Cc1cc(NC(=O)C=CCN(C)C2CC2)cc(-n2c(=O)n(-c3ccc(Oc4ccccc4)cc3C)c3c(N)ncnc32)c1. The minimum Gasteiger partial charge on any atom is -0.457 e. The Kier molecular flexibility index (Phi) is 7.52. The van der Waals surface area contributed by atoms with Crippen molar-refractivity contribution in [3.63, 3.8) is 0 Å². The van der Waals surface area contributed by atoms with Crippen LogP contribution in [0.25, 0.3) is 22.5 Å². The lowest BCUT2D eigenvalue weighted by molar-refractivity contribution is -0.111. The molecule has 10 heteroatoms. The third-order valence-corrected chi connectivity index (χ3v) is 7.46. The van der Waals surface area contributed by atoms with Crippen LogP contribution in [0.1, 0.15) is 24.0 Å². The molecule has 1 saturated carbocycles. The number of aryl methyl sites for hydroxylation is 2. The minimum absolute atomic E-state index is 0.173. The molecule has 1 aliphatic rings. The fourth-order valence-electron chi connectivity index (χ4n) is 5.21. The summed E-state index contributed by atoms with van der Waals surface area (Å²) in [5.41, 5.74) is 10.1. The molecule has 0 atom stereocenters. The van der Waals surface area contributed by atoms with E-state index in [0.717, 1.165) is 11.1 Å². The van der Waals surface area contributed by atoms with Crippen LogP contribution in [0.15, 0.2) is 90.0 Å². The van der Waals surface area contributed by atoms with E-state index in [0.29, 0.717) is 52.3 Å². The van der Waals surface area contributed by atoms with Crippen molar-refractivity contribution < 1.29 is 9.53 Å². The number of benzene rings is 3. The maximum absolute atomic E-state index is 14.1. The Labute approximate surface area is 249 Å². The second-order valence-electron chi connectivity index (χ2n) is 10.9. The van der Waals surface area contributed by atoms with Gasteiger partial charge in [-0.2, -0.15) is 0 Å². The van der Waals surface area contributed by atoms with E-state index in [1.54, 1.807) is 18.2 Å². The highest BCUT2D eigenvalue weighted by atomic mass is 16.5. The number of nitrogens with two attached hydrogens (primary N) is 1. The molecule has 218 valence electrons. The zero-order valence-corrected chi connectivity index (χ0v) is 24.3. The average Bonchev–Trinajstić information content (AvgIpc) is 3.77. The number of likely N-dealkylation sites (N-methyl/N-ethyl adjacent to an activating group) is 1. The summed E-state index contributed by atoms with van der Waals surface area (Å²) in [6.07, 6.45) is 7.16. The molecule has 0 saturated heterocycles. The summed E-state index contributed by atoms with van der Waals surface area (Å²) in [6.45, 7) is 4.52. The van der Waals surface area contributed by atoms with E-state index in [4.69, 9.17) is 10.5 Å². The number of hydrogen-bond acceptors (Lipinski definition) is 7. The van der Waals surface area contributed by atoms with Crippen LogP contribution in [-0.2, 0) is 4.79 Å². The van der Waals surface area contributed by atoms with E-state index in [9.17, 15) is 9.59 Å². The van der Waals surface area contributed by atoms with Gasteiger partial charge in [0.15, 0.2) is 11.5 Å². The maximum Gasteiger partial charge on any atom is 0.339 e. The molecule has 1 aliphatic carbocycles. The molecule has 2 heterocycles. The molecule has 0 radical (unpaired) electrons. The van der Waals surface area contributed by atoms with E-state index in [1.165, 1.54) is 28.3 Å². The molecule has 3 N–H and O–H groups in total. The highest BCUT2D eigenvalue weighted by Crippen LogP contribution is 2.29. The number of nitrogens with zero attached hydrogens (tertiary/aromatic N) is 5. The van der Waals surface area contributed by atoms with Crippen LogP contribution in [0, 0.1) is 13.8 Å². The summed E-state index contributed by atoms with van der Waals surface area (Å²) in [6, 6.07) is 21.1. The molecule has 6 rings (SSSR count). The first-order chi connectivity index (χ1) is 20.8. The minimum atomic E-state index is -0.368. The molecular formula is C33H33N7O3. The van der Waals surface area contributed by atoms with Crippen molar-refractivity contribution in [2.24, 2.45) is 0 Å². The van der Waals surface area contributed by atoms with Gasteiger partial charge in [0.05, 0.1) is 11.4 Å². The van der Waals surface area contributed by atoms with Crippen LogP contribution in [0.4, 0.5) is 11.5 Å². The molecule has 0 unspecified atom stereocenters. The zero-order chi connectivity index (χ0) is 30.1. The number of carbonyl (C=O) groups is 1. The van der Waals surface area contributed by atoms with Crippen LogP contribution in [0.3, 0.4) is 0 Å². The van der Waals surface area contributed by atoms with E-state index >= 15 is 0 Å². The molecule has 5 aromatic rings. The lowest BCUT2D eigenvalue weighted by Crippen LogP contribution is -2.23. The van der Waals surface area contributed by atoms with Gasteiger partial charge < -0.3 is 15.8 Å². The molecular weight excluding hydrogens is 542 g/mol. The van der Waals surface area contributed by atoms with Gasteiger partial charge in [0.2, 0.25) is 5.91 Å². The van der Waals surface area contributed by atoms with Crippen LogP contribution in [-0.4, -0.2) is 49.5 Å². The van der Waals surface area contributed by atoms with Gasteiger partial charge in [0.25, 0.3) is 0 Å². The van der Waals surface area contributed by atoms with Crippen LogP contribution in [0.2, 0.25) is 0 Å². The molecule has 0 spiro atoms. The number of amides is 1. The lowest BCUT2D eigenvalue weighted by Gasteiger charge is -2.12. The first-order valence-electron chi connectivity index (χ1n) is 14.2. The van der Waals surface area contributed by atoms with Crippen molar-refractivity contribution in [1.29, 1.82) is 0 Å². The van der Waals surface area contributed by atoms with Crippen molar-refractivity contribution in [3.05, 3.63) is 107 Å². The highest BCUT2D eigenvalue weighted by Gasteiger charge is 2.25. The number of fused-ring (bicyclic) bond motifs is 1. The number of aromatic nitrogens is 4. The molecule has 0 bridgehead atoms. The largest absolute Gasteiger partial charge is 0.457 e. The number of ether oxygens (including phenoxy) is 1. The Morgan fingerprint density at radius 2 is 1.84 bits per heavy atom. The maximum atomic E-state index is 14.1. The van der Waals surface area contributed by atoms with Gasteiger partial charge in [0, 0.05) is 24.4 Å². The van der Waals surface area contributed by atoms with Crippen LogP contribution >= 0.6 is 0 Å². The van der Waals surface area contributed by atoms with Crippen molar-refractivity contribution in [2.45, 2.75) is 32.7 Å². The third-order valence-electron chi connectivity index (χ3n) is 7.46. The molecule has 2 aromatic heterocycles. The number of nitrogens with one attached hydrogen (secondary N) is 1. The number of anilines is 2. The predicted octanol–water partition coefficient (Wildman–Crippen LogP) is 5.15. The van der Waals surface area contributed by atoms with Crippen molar-refractivity contribution in [1.82, 2.24) is 24.0 Å². The number of hydrogen-bond donors (Lipinski definition) is 2. The normalized spacial score (nSPS) is 13.2. The smallest absolute Gasteiger partial charge is 0.339 e. The highest BCUT2D eigenvalue weighted by molar-refractivity contribution is 5.99.